The average Bonchev–Trinajstić information content (AvgIpc) is 2.86. The fourth-order valence-electron chi connectivity index (χ4n) is 2.52. The molecule has 17 heavy (non-hydrogen) atoms. The molecule has 4 nitrogen and oxygen atoms in total. The summed E-state index contributed by atoms with van der Waals surface area (Å²) in [5.41, 5.74) is 2.27. The first-order valence-electron chi connectivity index (χ1n) is 6.27. The second-order valence-corrected chi connectivity index (χ2v) is 4.57. The molecule has 0 saturated carbocycles. The maximum absolute atomic E-state index is 4.72. The SMILES string of the molecule is CNc1nc([C@@H]2CCCCN2)cn2cccc12. The van der Waals surface area contributed by atoms with Gasteiger partial charge < -0.3 is 15.0 Å². The zero-order valence-electron chi connectivity index (χ0n) is 10.1. The zero-order chi connectivity index (χ0) is 11.7. The van der Waals surface area contributed by atoms with Gasteiger partial charge in [-0.05, 0) is 31.5 Å². The van der Waals surface area contributed by atoms with Crippen LogP contribution in [0.4, 0.5) is 5.82 Å². The third-order valence-corrected chi connectivity index (χ3v) is 3.44. The molecule has 0 unspecified atom stereocenters. The van der Waals surface area contributed by atoms with Gasteiger partial charge in [0.1, 0.15) is 5.82 Å². The van der Waals surface area contributed by atoms with Crippen LogP contribution in [0.5, 0.6) is 0 Å². The van der Waals surface area contributed by atoms with E-state index in [-0.39, 0.29) is 0 Å². The second-order valence-electron chi connectivity index (χ2n) is 4.57. The summed E-state index contributed by atoms with van der Waals surface area (Å²) >= 11 is 0. The maximum atomic E-state index is 4.72. The Labute approximate surface area is 101 Å². The number of hydrogen-bond acceptors (Lipinski definition) is 3. The molecule has 0 aliphatic carbocycles. The van der Waals surface area contributed by atoms with Crippen LogP contribution >= 0.6 is 0 Å². The van der Waals surface area contributed by atoms with Gasteiger partial charge in [0.25, 0.3) is 0 Å². The van der Waals surface area contributed by atoms with Crippen LogP contribution in [0.1, 0.15) is 31.0 Å². The van der Waals surface area contributed by atoms with Crippen LogP contribution in [0, 0.1) is 0 Å². The summed E-state index contributed by atoms with van der Waals surface area (Å²) < 4.78 is 2.14. The monoisotopic (exact) mass is 230 g/mol. The van der Waals surface area contributed by atoms with Crippen molar-refractivity contribution in [2.75, 3.05) is 18.9 Å². The van der Waals surface area contributed by atoms with Crippen LogP contribution in [0.25, 0.3) is 5.52 Å². The van der Waals surface area contributed by atoms with Crippen LogP contribution in [0.3, 0.4) is 0 Å². The topological polar surface area (TPSA) is 41.4 Å². The standard InChI is InChI=1S/C13H18N4/c1-14-13-12-6-4-8-17(12)9-11(16-13)10-5-2-3-7-15-10/h4,6,8-10,15H,2-3,5,7H2,1H3,(H,14,16)/t10-/m0/s1. The van der Waals surface area contributed by atoms with E-state index in [0.717, 1.165) is 23.6 Å². The van der Waals surface area contributed by atoms with Crippen molar-refractivity contribution in [3.63, 3.8) is 0 Å². The zero-order valence-corrected chi connectivity index (χ0v) is 10.1. The summed E-state index contributed by atoms with van der Waals surface area (Å²) in [5.74, 6) is 0.958. The van der Waals surface area contributed by atoms with Crippen molar-refractivity contribution in [3.8, 4) is 0 Å². The fourth-order valence-corrected chi connectivity index (χ4v) is 2.52. The second kappa shape index (κ2) is 4.37. The molecule has 0 bridgehead atoms. The molecule has 0 amide bonds. The first kappa shape index (κ1) is 10.6. The summed E-state index contributed by atoms with van der Waals surface area (Å²) in [4.78, 5) is 4.72. The van der Waals surface area contributed by atoms with E-state index >= 15 is 0 Å². The molecule has 2 aromatic rings. The van der Waals surface area contributed by atoms with E-state index in [1.807, 2.05) is 7.05 Å². The lowest BCUT2D eigenvalue weighted by Crippen LogP contribution is -2.27. The number of nitrogens with one attached hydrogen (secondary N) is 2. The van der Waals surface area contributed by atoms with E-state index in [4.69, 9.17) is 4.98 Å². The van der Waals surface area contributed by atoms with Gasteiger partial charge in [-0.3, -0.25) is 0 Å². The maximum Gasteiger partial charge on any atom is 0.150 e. The van der Waals surface area contributed by atoms with Gasteiger partial charge in [0, 0.05) is 19.4 Å². The van der Waals surface area contributed by atoms with E-state index in [2.05, 4.69) is 39.6 Å². The molecule has 2 aromatic heterocycles. The van der Waals surface area contributed by atoms with Gasteiger partial charge in [-0.25, -0.2) is 4.98 Å². The highest BCUT2D eigenvalue weighted by atomic mass is 15.1. The first-order valence-corrected chi connectivity index (χ1v) is 6.27. The molecule has 4 heteroatoms. The van der Waals surface area contributed by atoms with Crippen molar-refractivity contribution in [1.29, 1.82) is 0 Å². The molecule has 3 heterocycles. The summed E-state index contributed by atoms with van der Waals surface area (Å²) in [7, 11) is 1.92. The van der Waals surface area contributed by atoms with E-state index < -0.39 is 0 Å². The van der Waals surface area contributed by atoms with Crippen LogP contribution in [0.2, 0.25) is 0 Å². The average molecular weight is 230 g/mol. The number of anilines is 1. The van der Waals surface area contributed by atoms with Crippen molar-refractivity contribution in [2.45, 2.75) is 25.3 Å². The minimum absolute atomic E-state index is 0.405. The largest absolute Gasteiger partial charge is 0.371 e. The smallest absolute Gasteiger partial charge is 0.150 e. The molecule has 3 rings (SSSR count). The first-order chi connectivity index (χ1) is 8.38. The summed E-state index contributed by atoms with van der Waals surface area (Å²) in [6, 6.07) is 4.54. The molecule has 1 fully saturated rings. The molecule has 90 valence electrons. The Morgan fingerprint density at radius 3 is 3.18 bits per heavy atom. The minimum atomic E-state index is 0.405. The Kier molecular flexibility index (Phi) is 2.73. The third kappa shape index (κ3) is 1.89. The van der Waals surface area contributed by atoms with Gasteiger partial charge >= 0.3 is 0 Å². The van der Waals surface area contributed by atoms with Gasteiger partial charge in [-0.1, -0.05) is 6.42 Å². The van der Waals surface area contributed by atoms with Crippen molar-refractivity contribution in [1.82, 2.24) is 14.7 Å². The van der Waals surface area contributed by atoms with E-state index in [1.165, 1.54) is 19.3 Å². The normalized spacial score (nSPS) is 20.6. The molecule has 0 spiro atoms. The lowest BCUT2D eigenvalue weighted by Gasteiger charge is -2.23. The van der Waals surface area contributed by atoms with Crippen LogP contribution in [-0.4, -0.2) is 23.0 Å². The predicted molar refractivity (Wildman–Crippen MR) is 69.3 cm³/mol. The molecular formula is C13H18N4. The molecular weight excluding hydrogens is 212 g/mol. The Morgan fingerprint density at radius 1 is 1.47 bits per heavy atom. The quantitative estimate of drug-likeness (QED) is 0.831. The van der Waals surface area contributed by atoms with E-state index in [1.54, 1.807) is 0 Å². The predicted octanol–water partition coefficient (Wildman–Crippen LogP) is 2.19. The van der Waals surface area contributed by atoms with Gasteiger partial charge in [0.15, 0.2) is 0 Å². The number of hydrogen-bond donors (Lipinski definition) is 2. The van der Waals surface area contributed by atoms with Crippen molar-refractivity contribution < 1.29 is 0 Å². The number of nitrogens with zero attached hydrogens (tertiary/aromatic N) is 2. The van der Waals surface area contributed by atoms with Gasteiger partial charge in [-0.15, -0.1) is 0 Å². The summed E-state index contributed by atoms with van der Waals surface area (Å²) in [5, 5.41) is 6.72. The number of rotatable bonds is 2. The van der Waals surface area contributed by atoms with E-state index in [0.29, 0.717) is 6.04 Å². The summed E-state index contributed by atoms with van der Waals surface area (Å²) in [6.45, 7) is 1.10. The fraction of sp³-hybridized carbons (Fsp3) is 0.462. The number of piperidine rings is 1. The third-order valence-electron chi connectivity index (χ3n) is 3.44. The van der Waals surface area contributed by atoms with Gasteiger partial charge in [0.05, 0.1) is 17.3 Å². The highest BCUT2D eigenvalue weighted by molar-refractivity contribution is 5.68. The van der Waals surface area contributed by atoms with Crippen molar-refractivity contribution in [2.24, 2.45) is 0 Å². The number of aromatic nitrogens is 2. The molecule has 1 aliphatic heterocycles. The Morgan fingerprint density at radius 2 is 2.41 bits per heavy atom. The minimum Gasteiger partial charge on any atom is -0.371 e. The molecule has 1 atom stereocenters. The van der Waals surface area contributed by atoms with Crippen molar-refractivity contribution in [3.05, 3.63) is 30.2 Å². The lowest BCUT2D eigenvalue weighted by atomic mass is 10.0. The van der Waals surface area contributed by atoms with Gasteiger partial charge in [-0.2, -0.15) is 0 Å². The molecule has 1 saturated heterocycles. The highest BCUT2D eigenvalue weighted by Gasteiger charge is 2.17. The van der Waals surface area contributed by atoms with Crippen LogP contribution in [-0.2, 0) is 0 Å². The Hall–Kier alpha value is -1.55. The molecule has 0 radical (unpaired) electrons. The molecule has 1 aliphatic rings. The molecule has 0 aromatic carbocycles. The van der Waals surface area contributed by atoms with Crippen LogP contribution in [0.15, 0.2) is 24.5 Å². The van der Waals surface area contributed by atoms with Crippen molar-refractivity contribution >= 4 is 11.3 Å². The van der Waals surface area contributed by atoms with E-state index in [9.17, 15) is 0 Å². The van der Waals surface area contributed by atoms with Crippen LogP contribution < -0.4 is 10.6 Å². The number of fused-ring (bicyclic) bond motifs is 1. The summed E-state index contributed by atoms with van der Waals surface area (Å²) in [6.07, 6.45) is 7.96. The Bertz CT molecular complexity index is 511. The Balaban J connectivity index is 2.03. The van der Waals surface area contributed by atoms with Gasteiger partial charge in [0.2, 0.25) is 0 Å². The molecule has 2 N–H and O–H groups in total. The lowest BCUT2D eigenvalue weighted by molar-refractivity contribution is 0.404. The highest BCUT2D eigenvalue weighted by Crippen LogP contribution is 2.24.